The van der Waals surface area contributed by atoms with Gasteiger partial charge in [0.25, 0.3) is 0 Å². The number of hydrogen-bond donors (Lipinski definition) is 0. The van der Waals surface area contributed by atoms with Crippen molar-refractivity contribution < 1.29 is 12.7 Å². The van der Waals surface area contributed by atoms with Gasteiger partial charge in [-0.1, -0.05) is 23.4 Å². The maximum absolute atomic E-state index is 12.0. The second kappa shape index (κ2) is 6.18. The molecule has 0 spiro atoms. The van der Waals surface area contributed by atoms with Crippen LogP contribution in [-0.2, 0) is 21.4 Å². The lowest BCUT2D eigenvalue weighted by molar-refractivity contribution is 0.341. The Labute approximate surface area is 139 Å². The molecule has 3 rings (SSSR count). The zero-order valence-corrected chi connectivity index (χ0v) is 13.6. The van der Waals surface area contributed by atoms with Crippen LogP contribution in [0, 0.1) is 11.3 Å². The van der Waals surface area contributed by atoms with E-state index in [0.29, 0.717) is 11.1 Å². The molecule has 2 aromatic carbocycles. The van der Waals surface area contributed by atoms with E-state index in [1.54, 1.807) is 36.5 Å². The lowest BCUT2D eigenvalue weighted by Gasteiger charge is -2.00. The predicted molar refractivity (Wildman–Crippen MR) is 89.9 cm³/mol. The van der Waals surface area contributed by atoms with Crippen LogP contribution in [0.15, 0.2) is 64.8 Å². The van der Waals surface area contributed by atoms with Crippen molar-refractivity contribution in [3.63, 3.8) is 0 Å². The van der Waals surface area contributed by atoms with Crippen LogP contribution in [0.25, 0.3) is 10.9 Å². The molecule has 0 radical (unpaired) electrons. The Bertz CT molecular complexity index is 1060. The zero-order chi connectivity index (χ0) is 17.2. The van der Waals surface area contributed by atoms with E-state index in [1.807, 2.05) is 17.7 Å². The number of nitriles is 1. The van der Waals surface area contributed by atoms with Crippen LogP contribution in [0.5, 0.6) is 0 Å². The molecule has 0 aliphatic rings. The highest BCUT2D eigenvalue weighted by atomic mass is 32.2. The van der Waals surface area contributed by atoms with Crippen molar-refractivity contribution >= 4 is 27.2 Å². The summed E-state index contributed by atoms with van der Waals surface area (Å²) in [5.41, 5.74) is 2.08. The molecule has 0 aliphatic heterocycles. The summed E-state index contributed by atoms with van der Waals surface area (Å²) in [5.74, 6) is 0. The number of fused-ring (bicyclic) bond motifs is 1. The van der Waals surface area contributed by atoms with E-state index >= 15 is 0 Å². The molecule has 0 bridgehead atoms. The van der Waals surface area contributed by atoms with Gasteiger partial charge in [0.15, 0.2) is 0 Å². The Kier molecular flexibility index (Phi) is 4.06. The second-order valence-electron chi connectivity index (χ2n) is 5.12. The molecule has 1 aromatic heterocycles. The summed E-state index contributed by atoms with van der Waals surface area (Å²) in [4.78, 5) is 0.0341. The molecule has 3 aromatic rings. The molecule has 1 heterocycles. The van der Waals surface area contributed by atoms with Gasteiger partial charge in [-0.15, -0.1) is 0 Å². The number of benzene rings is 2. The topological polar surface area (TPSA) is 84.5 Å². The van der Waals surface area contributed by atoms with Crippen molar-refractivity contribution in [2.45, 2.75) is 4.90 Å². The quantitative estimate of drug-likeness (QED) is 0.540. The average Bonchev–Trinajstić information content (AvgIpc) is 2.91. The van der Waals surface area contributed by atoms with Crippen molar-refractivity contribution in [2.24, 2.45) is 12.2 Å². The third kappa shape index (κ3) is 3.00. The lowest BCUT2D eigenvalue weighted by atomic mass is 10.1. The van der Waals surface area contributed by atoms with Gasteiger partial charge in [0.1, 0.15) is 4.90 Å². The molecule has 0 atom stereocenters. The molecule has 24 heavy (non-hydrogen) atoms. The molecule has 120 valence electrons. The fourth-order valence-corrected chi connectivity index (χ4v) is 3.09. The first kappa shape index (κ1) is 15.8. The van der Waals surface area contributed by atoms with E-state index in [0.717, 1.165) is 10.9 Å². The summed E-state index contributed by atoms with van der Waals surface area (Å²) in [5, 5.41) is 13.4. The summed E-state index contributed by atoms with van der Waals surface area (Å²) in [6.07, 6.45) is 3.11. The minimum absolute atomic E-state index is 0.0341. The largest absolute Gasteiger partial charge is 0.358 e. The summed E-state index contributed by atoms with van der Waals surface area (Å²) < 4.78 is 30.6. The smallest absolute Gasteiger partial charge is 0.350 e. The first-order chi connectivity index (χ1) is 11.5. The highest BCUT2D eigenvalue weighted by Gasteiger charge is 2.14. The van der Waals surface area contributed by atoms with Gasteiger partial charge in [0.2, 0.25) is 0 Å². The fraction of sp³-hybridized carbons (Fsp3) is 0.0588. The Hall–Kier alpha value is -3.11. The molecule has 6 nitrogen and oxygen atoms in total. The van der Waals surface area contributed by atoms with E-state index in [1.165, 1.54) is 18.3 Å². The molecule has 7 heteroatoms. The Morgan fingerprint density at radius 1 is 1.21 bits per heavy atom. The molecule has 0 saturated carbocycles. The highest BCUT2D eigenvalue weighted by Crippen LogP contribution is 2.21. The van der Waals surface area contributed by atoms with E-state index in [4.69, 9.17) is 9.55 Å². The van der Waals surface area contributed by atoms with E-state index in [-0.39, 0.29) is 4.90 Å². The zero-order valence-electron chi connectivity index (χ0n) is 12.7. The molecule has 0 amide bonds. The van der Waals surface area contributed by atoms with Gasteiger partial charge >= 0.3 is 10.1 Å². The molecule has 0 fully saturated rings. The average molecular weight is 339 g/mol. The maximum atomic E-state index is 12.0. The van der Waals surface area contributed by atoms with Gasteiger partial charge in [-0.05, 0) is 30.3 Å². The Morgan fingerprint density at radius 2 is 1.96 bits per heavy atom. The summed E-state index contributed by atoms with van der Waals surface area (Å²) in [6, 6.07) is 15.1. The highest BCUT2D eigenvalue weighted by molar-refractivity contribution is 7.86. The molecule has 0 N–H and O–H groups in total. The minimum Gasteiger partial charge on any atom is -0.350 e. The Morgan fingerprint density at radius 3 is 2.67 bits per heavy atom. The van der Waals surface area contributed by atoms with E-state index < -0.39 is 10.1 Å². The normalized spacial score (nSPS) is 11.7. The van der Waals surface area contributed by atoms with Crippen molar-refractivity contribution in [1.29, 1.82) is 5.26 Å². The maximum Gasteiger partial charge on any atom is 0.358 e. The number of rotatable bonds is 4. The fourth-order valence-electron chi connectivity index (χ4n) is 2.36. The monoisotopic (exact) mass is 339 g/mol. The van der Waals surface area contributed by atoms with Crippen LogP contribution in [0.4, 0.5) is 0 Å². The number of aromatic nitrogens is 1. The van der Waals surface area contributed by atoms with Crippen molar-refractivity contribution in [3.8, 4) is 6.07 Å². The van der Waals surface area contributed by atoms with Gasteiger partial charge in [0.05, 0.1) is 17.8 Å². The number of aryl methyl sites for hydroxylation is 1. The summed E-state index contributed by atoms with van der Waals surface area (Å²) in [7, 11) is -2.09. The van der Waals surface area contributed by atoms with Crippen molar-refractivity contribution in [2.75, 3.05) is 0 Å². The SMILES string of the molecule is Cn1cc(/C=N/OS(=O)(=O)c2ccccc2)c2cc(C#N)ccc21. The first-order valence-corrected chi connectivity index (χ1v) is 8.43. The number of oxime groups is 1. The number of hydrogen-bond acceptors (Lipinski definition) is 5. The van der Waals surface area contributed by atoms with Gasteiger partial charge in [-0.25, -0.2) is 0 Å². The van der Waals surface area contributed by atoms with Crippen molar-refractivity contribution in [1.82, 2.24) is 4.57 Å². The summed E-state index contributed by atoms with van der Waals surface area (Å²) >= 11 is 0. The molecule has 0 saturated heterocycles. The third-order valence-electron chi connectivity index (χ3n) is 3.51. The van der Waals surface area contributed by atoms with Crippen molar-refractivity contribution in [3.05, 3.63) is 65.9 Å². The molecule has 0 aliphatic carbocycles. The lowest BCUT2D eigenvalue weighted by Crippen LogP contribution is -2.02. The third-order valence-corrected chi connectivity index (χ3v) is 4.65. The van der Waals surface area contributed by atoms with Crippen LogP contribution in [0.1, 0.15) is 11.1 Å². The van der Waals surface area contributed by atoms with Gasteiger partial charge < -0.3 is 4.57 Å². The number of nitrogens with zero attached hydrogens (tertiary/aromatic N) is 3. The van der Waals surface area contributed by atoms with Gasteiger partial charge in [-0.2, -0.15) is 13.7 Å². The van der Waals surface area contributed by atoms with Crippen LogP contribution in [-0.4, -0.2) is 19.2 Å². The van der Waals surface area contributed by atoms with Gasteiger partial charge in [0, 0.05) is 29.7 Å². The van der Waals surface area contributed by atoms with Crippen LogP contribution in [0.2, 0.25) is 0 Å². The minimum atomic E-state index is -3.95. The molecular formula is C17H13N3O3S. The summed E-state index contributed by atoms with van der Waals surface area (Å²) in [6.45, 7) is 0. The molecule has 0 unspecified atom stereocenters. The van der Waals surface area contributed by atoms with Crippen LogP contribution in [0.3, 0.4) is 0 Å². The van der Waals surface area contributed by atoms with E-state index in [2.05, 4.69) is 11.2 Å². The van der Waals surface area contributed by atoms with Gasteiger partial charge in [-0.3, -0.25) is 4.28 Å². The second-order valence-corrected chi connectivity index (χ2v) is 6.64. The Balaban J connectivity index is 1.90. The van der Waals surface area contributed by atoms with Crippen LogP contribution >= 0.6 is 0 Å². The van der Waals surface area contributed by atoms with E-state index in [9.17, 15) is 8.42 Å². The first-order valence-electron chi connectivity index (χ1n) is 7.02. The standard InChI is InChI=1S/C17H13N3O3S/c1-20-12-14(16-9-13(10-18)7-8-17(16)20)11-19-23-24(21,22)15-5-3-2-4-6-15/h2-9,11-12H,1H3/b19-11+. The van der Waals surface area contributed by atoms with Crippen LogP contribution < -0.4 is 0 Å². The molecular weight excluding hydrogens is 326 g/mol. The predicted octanol–water partition coefficient (Wildman–Crippen LogP) is 2.79.